The van der Waals surface area contributed by atoms with E-state index in [0.29, 0.717) is 17.0 Å². The second-order valence-electron chi connectivity index (χ2n) is 3.81. The van der Waals surface area contributed by atoms with E-state index < -0.39 is 0 Å². The number of anilines is 1. The van der Waals surface area contributed by atoms with Gasteiger partial charge in [-0.25, -0.2) is 0 Å². The number of furan rings is 1. The van der Waals surface area contributed by atoms with Crippen LogP contribution in [0.1, 0.15) is 0 Å². The number of pyridine rings is 1. The Morgan fingerprint density at radius 2 is 2.00 bits per heavy atom. The van der Waals surface area contributed by atoms with E-state index in [4.69, 9.17) is 10.2 Å². The van der Waals surface area contributed by atoms with Crippen molar-refractivity contribution < 1.29 is 9.52 Å². The SMILES string of the molecule is Nc1ccc(-c2cc3ccc(O)cc3o2)nc1. The minimum Gasteiger partial charge on any atom is -0.508 e. The van der Waals surface area contributed by atoms with E-state index in [1.54, 1.807) is 36.5 Å². The van der Waals surface area contributed by atoms with Crippen LogP contribution in [0.5, 0.6) is 5.75 Å². The van der Waals surface area contributed by atoms with Gasteiger partial charge in [0.05, 0.1) is 11.9 Å². The summed E-state index contributed by atoms with van der Waals surface area (Å²) in [5.74, 6) is 0.842. The van der Waals surface area contributed by atoms with Gasteiger partial charge in [-0.3, -0.25) is 4.98 Å². The lowest BCUT2D eigenvalue weighted by Crippen LogP contribution is -1.86. The molecule has 0 aliphatic rings. The van der Waals surface area contributed by atoms with E-state index in [1.807, 2.05) is 6.07 Å². The quantitative estimate of drug-likeness (QED) is 0.669. The molecule has 4 heteroatoms. The molecule has 3 rings (SSSR count). The smallest absolute Gasteiger partial charge is 0.153 e. The summed E-state index contributed by atoms with van der Waals surface area (Å²) in [6, 6.07) is 10.5. The molecule has 84 valence electrons. The van der Waals surface area contributed by atoms with Crippen molar-refractivity contribution in [2.24, 2.45) is 0 Å². The van der Waals surface area contributed by atoms with Crippen molar-refractivity contribution in [3.05, 3.63) is 42.6 Å². The van der Waals surface area contributed by atoms with Gasteiger partial charge >= 0.3 is 0 Å². The maximum absolute atomic E-state index is 9.35. The van der Waals surface area contributed by atoms with Crippen LogP contribution in [0.15, 0.2) is 47.0 Å². The fourth-order valence-corrected chi connectivity index (χ4v) is 1.70. The summed E-state index contributed by atoms with van der Waals surface area (Å²) in [5.41, 5.74) is 7.54. The lowest BCUT2D eigenvalue weighted by Gasteiger charge is -1.95. The van der Waals surface area contributed by atoms with E-state index in [1.165, 1.54) is 0 Å². The lowest BCUT2D eigenvalue weighted by molar-refractivity contribution is 0.474. The van der Waals surface area contributed by atoms with Crippen LogP contribution in [0.2, 0.25) is 0 Å². The maximum atomic E-state index is 9.35. The van der Waals surface area contributed by atoms with E-state index in [0.717, 1.165) is 11.1 Å². The van der Waals surface area contributed by atoms with Crippen LogP contribution in [-0.2, 0) is 0 Å². The Labute approximate surface area is 97.3 Å². The summed E-state index contributed by atoms with van der Waals surface area (Å²) >= 11 is 0. The summed E-state index contributed by atoms with van der Waals surface area (Å²) in [4.78, 5) is 4.18. The van der Waals surface area contributed by atoms with Gasteiger partial charge in [0.2, 0.25) is 0 Å². The molecule has 0 saturated carbocycles. The summed E-state index contributed by atoms with van der Waals surface area (Å²) in [7, 11) is 0. The van der Waals surface area contributed by atoms with Crippen LogP contribution in [0.25, 0.3) is 22.4 Å². The molecule has 0 aliphatic heterocycles. The van der Waals surface area contributed by atoms with Gasteiger partial charge in [0.1, 0.15) is 17.0 Å². The number of nitrogens with two attached hydrogens (primary N) is 1. The molecule has 3 aromatic rings. The normalized spacial score (nSPS) is 10.8. The number of rotatable bonds is 1. The molecule has 0 spiro atoms. The molecule has 3 N–H and O–H groups in total. The number of hydrogen-bond donors (Lipinski definition) is 2. The molecule has 0 unspecified atom stereocenters. The number of phenols is 1. The number of nitrogens with zero attached hydrogens (tertiary/aromatic N) is 1. The zero-order valence-electron chi connectivity index (χ0n) is 8.92. The Morgan fingerprint density at radius 1 is 1.12 bits per heavy atom. The van der Waals surface area contributed by atoms with Gasteiger partial charge in [0.25, 0.3) is 0 Å². The number of nitrogen functional groups attached to an aromatic ring is 1. The van der Waals surface area contributed by atoms with E-state index in [9.17, 15) is 5.11 Å². The number of benzene rings is 1. The monoisotopic (exact) mass is 226 g/mol. The van der Waals surface area contributed by atoms with Crippen molar-refractivity contribution >= 4 is 16.7 Å². The maximum Gasteiger partial charge on any atom is 0.153 e. The molecule has 1 aromatic carbocycles. The predicted molar refractivity (Wildman–Crippen MR) is 65.5 cm³/mol. The van der Waals surface area contributed by atoms with Crippen LogP contribution in [0, 0.1) is 0 Å². The molecule has 2 heterocycles. The first kappa shape index (κ1) is 9.72. The van der Waals surface area contributed by atoms with Gasteiger partial charge in [-0.1, -0.05) is 0 Å². The van der Waals surface area contributed by atoms with Crippen molar-refractivity contribution in [3.8, 4) is 17.2 Å². The molecule has 0 saturated heterocycles. The molecule has 0 radical (unpaired) electrons. The minimum absolute atomic E-state index is 0.184. The van der Waals surface area contributed by atoms with E-state index >= 15 is 0 Å². The zero-order chi connectivity index (χ0) is 11.8. The molecule has 0 amide bonds. The molecule has 0 bridgehead atoms. The Morgan fingerprint density at radius 3 is 2.76 bits per heavy atom. The topological polar surface area (TPSA) is 72.3 Å². The Hall–Kier alpha value is -2.49. The molecule has 4 nitrogen and oxygen atoms in total. The van der Waals surface area contributed by atoms with Gasteiger partial charge in [0.15, 0.2) is 5.76 Å². The molecular formula is C13H10N2O2. The third-order valence-corrected chi connectivity index (χ3v) is 2.54. The molecule has 2 aromatic heterocycles. The van der Waals surface area contributed by atoms with Crippen molar-refractivity contribution in [1.82, 2.24) is 4.98 Å². The highest BCUT2D eigenvalue weighted by molar-refractivity contribution is 5.83. The Bertz CT molecular complexity index is 671. The highest BCUT2D eigenvalue weighted by atomic mass is 16.3. The number of aromatic nitrogens is 1. The van der Waals surface area contributed by atoms with Crippen LogP contribution in [0.4, 0.5) is 5.69 Å². The van der Waals surface area contributed by atoms with Crippen molar-refractivity contribution in [1.29, 1.82) is 0 Å². The van der Waals surface area contributed by atoms with Crippen molar-refractivity contribution in [3.63, 3.8) is 0 Å². The number of phenolic OH excluding ortho intramolecular Hbond substituents is 1. The fraction of sp³-hybridized carbons (Fsp3) is 0. The van der Waals surface area contributed by atoms with Gasteiger partial charge in [0, 0.05) is 11.5 Å². The number of fused-ring (bicyclic) bond motifs is 1. The van der Waals surface area contributed by atoms with E-state index in [-0.39, 0.29) is 5.75 Å². The summed E-state index contributed by atoms with van der Waals surface area (Å²) in [6.07, 6.45) is 1.58. The third-order valence-electron chi connectivity index (χ3n) is 2.54. The summed E-state index contributed by atoms with van der Waals surface area (Å²) in [5, 5.41) is 10.3. The molecular weight excluding hydrogens is 216 g/mol. The average Bonchev–Trinajstić information content (AvgIpc) is 2.72. The zero-order valence-corrected chi connectivity index (χ0v) is 8.92. The van der Waals surface area contributed by atoms with Gasteiger partial charge in [-0.2, -0.15) is 0 Å². The van der Waals surface area contributed by atoms with Gasteiger partial charge in [-0.15, -0.1) is 0 Å². The highest BCUT2D eigenvalue weighted by Gasteiger charge is 2.07. The minimum atomic E-state index is 0.184. The van der Waals surface area contributed by atoms with Crippen molar-refractivity contribution in [2.75, 3.05) is 5.73 Å². The van der Waals surface area contributed by atoms with Gasteiger partial charge in [-0.05, 0) is 30.3 Å². The predicted octanol–water partition coefficient (Wildman–Crippen LogP) is 2.78. The second-order valence-corrected chi connectivity index (χ2v) is 3.81. The largest absolute Gasteiger partial charge is 0.508 e. The average molecular weight is 226 g/mol. The summed E-state index contributed by atoms with van der Waals surface area (Å²) < 4.78 is 5.61. The first-order valence-electron chi connectivity index (χ1n) is 5.17. The first-order valence-corrected chi connectivity index (χ1v) is 5.17. The van der Waals surface area contributed by atoms with Crippen LogP contribution >= 0.6 is 0 Å². The molecule has 0 aliphatic carbocycles. The molecule has 0 atom stereocenters. The first-order chi connectivity index (χ1) is 8.22. The standard InChI is InChI=1S/C13H10N2O2/c14-9-2-4-11(15-7-9)13-5-8-1-3-10(16)6-12(8)17-13/h1-7,16H,14H2. The van der Waals surface area contributed by atoms with Gasteiger partial charge < -0.3 is 15.3 Å². The van der Waals surface area contributed by atoms with Crippen LogP contribution < -0.4 is 5.73 Å². The highest BCUT2D eigenvalue weighted by Crippen LogP contribution is 2.28. The fourth-order valence-electron chi connectivity index (χ4n) is 1.70. The third kappa shape index (κ3) is 1.69. The number of hydrogen-bond acceptors (Lipinski definition) is 4. The summed E-state index contributed by atoms with van der Waals surface area (Å²) in [6.45, 7) is 0. The van der Waals surface area contributed by atoms with E-state index in [2.05, 4.69) is 4.98 Å². The number of aromatic hydroxyl groups is 1. The van der Waals surface area contributed by atoms with Crippen LogP contribution in [-0.4, -0.2) is 10.1 Å². The Kier molecular flexibility index (Phi) is 2.01. The molecule has 17 heavy (non-hydrogen) atoms. The lowest BCUT2D eigenvalue weighted by atomic mass is 10.2. The second kappa shape index (κ2) is 3.52. The van der Waals surface area contributed by atoms with Crippen molar-refractivity contribution in [2.45, 2.75) is 0 Å². The molecule has 0 fully saturated rings. The van der Waals surface area contributed by atoms with Crippen LogP contribution in [0.3, 0.4) is 0 Å². The Balaban J connectivity index is 2.14.